The molecule has 74 heavy (non-hydrogen) atoms. The molecule has 2 amide bonds. The van der Waals surface area contributed by atoms with Gasteiger partial charge in [-0.2, -0.15) is 0 Å². The normalized spacial score (nSPS) is 17.5. The first kappa shape index (κ1) is 53.6. The number of esters is 2. The first-order valence-electron chi connectivity index (χ1n) is 23.9. The molecule has 0 bridgehead atoms. The second kappa shape index (κ2) is 25.5. The number of amides is 2. The van der Waals surface area contributed by atoms with Crippen LogP contribution in [-0.4, -0.2) is 151 Å². The summed E-state index contributed by atoms with van der Waals surface area (Å²) in [5, 5.41) is 54.0. The van der Waals surface area contributed by atoms with Gasteiger partial charge in [0.05, 0.1) is 81.0 Å². The van der Waals surface area contributed by atoms with Gasteiger partial charge in [-0.05, 0) is 67.8 Å². The number of carbonyl (C=O) groups is 4. The molecule has 10 rings (SSSR count). The highest BCUT2D eigenvalue weighted by molar-refractivity contribution is 9.10. The molecule has 0 aromatic carbocycles. The molecule has 2 atom stereocenters. The van der Waals surface area contributed by atoms with Crippen molar-refractivity contribution in [3.63, 3.8) is 0 Å². The van der Waals surface area contributed by atoms with E-state index in [0.29, 0.717) is 72.3 Å². The fraction of sp³-hybridized carbons (Fsp3) is 0.429. The molecule has 0 radical (unpaired) electrons. The van der Waals surface area contributed by atoms with E-state index in [1.54, 1.807) is 36.9 Å². The van der Waals surface area contributed by atoms with Gasteiger partial charge >= 0.3 is 11.9 Å². The third kappa shape index (κ3) is 15.2. The quantitative estimate of drug-likeness (QED) is 0.0912. The summed E-state index contributed by atoms with van der Waals surface area (Å²) >= 11 is 6.08. The number of methoxy groups -OCH3 is 2. The average molecular weight is 1120 g/mol. The standard InChI is InChI=1S/C30H34N10O4S2.C11H14N2O3.C8H8BrNO2/c41-23-13-39(14-23)21-4-6-31-19(9-21)11-25(43)33-29-37-35-27(45-29)17-2-1-3-18(8-17)28-36-38-30(46-28)34-26(44)12-20-10-22(5-7-32-20)40-15-24(42)16-40;1-16-11(15)5-8-4-9(2-3-12-8)13-6-10(14)7-13;1-12-8(11)5-7-4-6(9)2-3-10-7/h4-7,9-10,17-18,23-24,41-42H,1-3,8,11-16H2,(H,33,37,43)(H,34,38,44);2-4,10,14H,5-7H2,1H3;2-4H,5H2,1H3/t17-,18-;;/m0../s1. The second-order valence-electron chi connectivity index (χ2n) is 18.1. The first-order chi connectivity index (χ1) is 35.7. The van der Waals surface area contributed by atoms with E-state index in [2.05, 4.69) is 76.4 Å². The predicted molar refractivity (Wildman–Crippen MR) is 279 cm³/mol. The van der Waals surface area contributed by atoms with Crippen LogP contribution in [0.2, 0.25) is 0 Å². The minimum absolute atomic E-state index is 0.118. The zero-order valence-electron chi connectivity index (χ0n) is 40.6. The summed E-state index contributed by atoms with van der Waals surface area (Å²) in [7, 11) is 2.72. The van der Waals surface area contributed by atoms with E-state index in [1.807, 2.05) is 51.1 Å². The van der Waals surface area contributed by atoms with Crippen LogP contribution in [0.15, 0.2) is 77.8 Å². The van der Waals surface area contributed by atoms with Crippen LogP contribution in [0.3, 0.4) is 0 Å². The average Bonchev–Trinajstić information content (AvgIpc) is 4.04. The fourth-order valence-corrected chi connectivity index (χ4v) is 10.7. The maximum Gasteiger partial charge on any atom is 0.311 e. The Bertz CT molecular complexity index is 2760. The van der Waals surface area contributed by atoms with Crippen LogP contribution < -0.4 is 25.3 Å². The van der Waals surface area contributed by atoms with Gasteiger partial charge in [0.2, 0.25) is 22.1 Å². The summed E-state index contributed by atoms with van der Waals surface area (Å²) in [4.78, 5) is 70.2. The van der Waals surface area contributed by atoms with E-state index in [9.17, 15) is 34.5 Å². The number of nitrogens with zero attached hydrogens (tertiary/aromatic N) is 11. The van der Waals surface area contributed by atoms with Crippen molar-refractivity contribution in [2.24, 2.45) is 0 Å². The summed E-state index contributed by atoms with van der Waals surface area (Å²) in [5.74, 6) is -0.602. The number of aromatic nitrogens is 8. The van der Waals surface area contributed by atoms with Crippen molar-refractivity contribution < 1.29 is 44.0 Å². The van der Waals surface area contributed by atoms with Gasteiger partial charge in [0.1, 0.15) is 10.0 Å². The van der Waals surface area contributed by atoms with Gasteiger partial charge < -0.3 is 50.1 Å². The van der Waals surface area contributed by atoms with Crippen LogP contribution in [-0.2, 0) is 54.3 Å². The van der Waals surface area contributed by atoms with Gasteiger partial charge in [0, 0.05) is 97.4 Å². The molecular formula is C49H56BrN13O9S2. The minimum atomic E-state index is -0.306. The van der Waals surface area contributed by atoms with Crippen molar-refractivity contribution in [1.82, 2.24) is 40.3 Å². The topological polar surface area (TPSA) is 284 Å². The molecular weight excluding hydrogens is 1060 g/mol. The van der Waals surface area contributed by atoms with Gasteiger partial charge in [-0.3, -0.25) is 39.1 Å². The fourth-order valence-electron chi connectivity index (χ4n) is 8.45. The number of nitrogens with one attached hydrogen (secondary N) is 2. The molecule has 4 aliphatic rings. The maximum atomic E-state index is 12.7. The van der Waals surface area contributed by atoms with E-state index >= 15 is 0 Å². The van der Waals surface area contributed by atoms with Gasteiger partial charge in [-0.25, -0.2) is 0 Å². The van der Waals surface area contributed by atoms with Crippen LogP contribution in [0.4, 0.5) is 27.3 Å². The van der Waals surface area contributed by atoms with Gasteiger partial charge in [-0.15, -0.1) is 20.4 Å². The molecule has 0 unspecified atom stereocenters. The zero-order chi connectivity index (χ0) is 52.1. The molecule has 6 aromatic rings. The molecule has 3 aliphatic heterocycles. The third-order valence-electron chi connectivity index (χ3n) is 12.4. The summed E-state index contributed by atoms with van der Waals surface area (Å²) in [5.41, 5.74) is 5.57. The number of rotatable bonds is 15. The lowest BCUT2D eigenvalue weighted by Crippen LogP contribution is -2.50. The molecule has 9 heterocycles. The van der Waals surface area contributed by atoms with Gasteiger partial charge in [-0.1, -0.05) is 45.0 Å². The van der Waals surface area contributed by atoms with E-state index in [-0.39, 0.29) is 79.6 Å². The summed E-state index contributed by atoms with van der Waals surface area (Å²) in [6, 6.07) is 14.8. The molecule has 390 valence electrons. The Labute approximate surface area is 442 Å². The number of hydrogen-bond donors (Lipinski definition) is 5. The highest BCUT2D eigenvalue weighted by Gasteiger charge is 2.31. The third-order valence-corrected chi connectivity index (χ3v) is 14.9. The van der Waals surface area contributed by atoms with E-state index in [0.717, 1.165) is 57.2 Å². The van der Waals surface area contributed by atoms with Gasteiger partial charge in [0.15, 0.2) is 0 Å². The SMILES string of the molecule is COC(=O)Cc1cc(Br)ccn1.COC(=O)Cc1cc(N2CC(O)C2)ccn1.O=C(Cc1cc(N2CC(O)C2)ccn1)Nc1nnc([C@H]2CCC[C@H](c3nnc(NC(=O)Cc4cc(N5CC(O)C5)ccn4)s3)C2)s1. The molecule has 3 saturated heterocycles. The molecule has 5 N–H and O–H groups in total. The molecule has 4 fully saturated rings. The van der Waals surface area contributed by atoms with Gasteiger partial charge in [0.25, 0.3) is 0 Å². The van der Waals surface area contributed by atoms with Crippen molar-refractivity contribution in [2.45, 2.75) is 81.5 Å². The summed E-state index contributed by atoms with van der Waals surface area (Å²) < 4.78 is 9.99. The lowest BCUT2D eigenvalue weighted by molar-refractivity contribution is -0.140. The number of ether oxygens (including phenoxy) is 2. The van der Waals surface area contributed by atoms with Crippen molar-refractivity contribution in [1.29, 1.82) is 0 Å². The monoisotopic (exact) mass is 1110 g/mol. The molecule has 1 saturated carbocycles. The van der Waals surface area contributed by atoms with E-state index < -0.39 is 0 Å². The molecule has 22 nitrogen and oxygen atoms in total. The van der Waals surface area contributed by atoms with E-state index in [1.165, 1.54) is 36.9 Å². The number of pyridine rings is 4. The van der Waals surface area contributed by atoms with Crippen LogP contribution in [0.1, 0.15) is 70.3 Å². The van der Waals surface area contributed by atoms with Crippen molar-refractivity contribution in [3.05, 3.63) is 111 Å². The number of aliphatic hydroxyl groups excluding tert-OH is 3. The Morgan fingerprint density at radius 1 is 0.568 bits per heavy atom. The van der Waals surface area contributed by atoms with Crippen LogP contribution in [0, 0.1) is 0 Å². The highest BCUT2D eigenvalue weighted by atomic mass is 79.9. The van der Waals surface area contributed by atoms with Crippen LogP contribution in [0.5, 0.6) is 0 Å². The number of β-amino-alcohol motifs (C(OH)–C–C–N with tert-alkyl or cyclic N) is 3. The van der Waals surface area contributed by atoms with Crippen molar-refractivity contribution in [3.8, 4) is 0 Å². The first-order valence-corrected chi connectivity index (χ1v) is 26.3. The summed E-state index contributed by atoms with van der Waals surface area (Å²) in [6.45, 7) is 3.62. The number of anilines is 5. The molecule has 25 heteroatoms. The molecule has 0 spiro atoms. The Hall–Kier alpha value is -6.64. The second-order valence-corrected chi connectivity index (χ2v) is 21.0. The Balaban J connectivity index is 0.000000211. The lowest BCUT2D eigenvalue weighted by Gasteiger charge is -2.37. The van der Waals surface area contributed by atoms with E-state index in [4.69, 9.17) is 0 Å². The van der Waals surface area contributed by atoms with Crippen molar-refractivity contribution >= 4 is 89.7 Å². The predicted octanol–water partition coefficient (Wildman–Crippen LogP) is 3.88. The van der Waals surface area contributed by atoms with Crippen LogP contribution >= 0.6 is 38.6 Å². The lowest BCUT2D eigenvalue weighted by atomic mass is 9.82. The Morgan fingerprint density at radius 3 is 1.30 bits per heavy atom. The minimum Gasteiger partial charge on any atom is -0.469 e. The number of halogens is 1. The zero-order valence-corrected chi connectivity index (χ0v) is 43.8. The number of carbonyl (C=O) groups excluding carboxylic acids is 4. The largest absolute Gasteiger partial charge is 0.469 e. The number of aliphatic hydroxyl groups is 3. The smallest absolute Gasteiger partial charge is 0.311 e. The maximum absolute atomic E-state index is 12.7. The Morgan fingerprint density at radius 2 is 0.932 bits per heavy atom. The molecule has 6 aromatic heterocycles. The Kier molecular flexibility index (Phi) is 18.5. The van der Waals surface area contributed by atoms with Crippen LogP contribution in [0.25, 0.3) is 0 Å². The summed E-state index contributed by atoms with van der Waals surface area (Å²) in [6.07, 6.45) is 10.3. The highest BCUT2D eigenvalue weighted by Crippen LogP contribution is 2.43. The molecule has 1 aliphatic carbocycles. The van der Waals surface area contributed by atoms with Crippen molar-refractivity contribution in [2.75, 3.05) is 78.8 Å². The number of hydrogen-bond acceptors (Lipinski definition) is 22.